The van der Waals surface area contributed by atoms with Gasteiger partial charge in [-0.15, -0.1) is 0 Å². The fraction of sp³-hybridized carbons (Fsp3) is 0.250. The molecule has 0 atom stereocenters. The molecule has 100 valence electrons. The van der Waals surface area contributed by atoms with Crippen LogP contribution < -0.4 is 0 Å². The predicted molar refractivity (Wildman–Crippen MR) is 77.1 cm³/mol. The summed E-state index contributed by atoms with van der Waals surface area (Å²) in [5, 5.41) is 2.20. The zero-order valence-electron chi connectivity index (χ0n) is 11.4. The Morgan fingerprint density at radius 2 is 1.65 bits per heavy atom. The molecule has 0 amide bonds. The Morgan fingerprint density at radius 3 is 2.30 bits per heavy atom. The van der Waals surface area contributed by atoms with Crippen molar-refractivity contribution in [3.63, 3.8) is 0 Å². The number of aliphatic imine (C=N–C) groups is 2. The van der Waals surface area contributed by atoms with Gasteiger partial charge in [-0.05, 0) is 46.9 Å². The van der Waals surface area contributed by atoms with Gasteiger partial charge in [0.25, 0.3) is 0 Å². The third-order valence-electron chi connectivity index (χ3n) is 3.46. The first-order valence-corrected chi connectivity index (χ1v) is 6.27. The zero-order valence-corrected chi connectivity index (χ0v) is 11.4. The maximum absolute atomic E-state index is 10.4. The van der Waals surface area contributed by atoms with Crippen molar-refractivity contribution < 1.29 is 9.59 Å². The van der Waals surface area contributed by atoms with Gasteiger partial charge in [-0.1, -0.05) is 24.3 Å². The molecule has 0 saturated carbocycles. The Hall–Kier alpha value is -2.54. The molecular formula is C16H14N2O2. The molecule has 0 saturated heterocycles. The molecule has 0 aliphatic rings. The molecule has 4 nitrogen and oxygen atoms in total. The van der Waals surface area contributed by atoms with E-state index >= 15 is 0 Å². The minimum absolute atomic E-state index is 0.281. The molecule has 4 heteroatoms. The maximum atomic E-state index is 10.4. The Morgan fingerprint density at radius 1 is 1.00 bits per heavy atom. The first-order chi connectivity index (χ1) is 9.69. The van der Waals surface area contributed by atoms with Crippen molar-refractivity contribution in [1.29, 1.82) is 0 Å². The minimum atomic E-state index is 0.281. The zero-order chi connectivity index (χ0) is 14.5. The van der Waals surface area contributed by atoms with Gasteiger partial charge in [0.15, 0.2) is 0 Å². The minimum Gasteiger partial charge on any atom is -0.211 e. The number of carbonyl (C=O) groups excluding carboxylic acids is 2. The second-order valence-electron chi connectivity index (χ2n) is 4.63. The summed E-state index contributed by atoms with van der Waals surface area (Å²) in [6.07, 6.45) is 3.12. The number of benzene rings is 2. The second-order valence-corrected chi connectivity index (χ2v) is 4.63. The number of nitrogens with zero attached hydrogens (tertiary/aromatic N) is 2. The van der Waals surface area contributed by atoms with E-state index < -0.39 is 0 Å². The SMILES string of the molecule is Cc1c(CN=C=O)cc(CN=C=O)c2c(C)cccc12. The molecule has 2 aromatic rings. The molecule has 0 heterocycles. The molecule has 20 heavy (non-hydrogen) atoms. The molecule has 0 aromatic heterocycles. The molecule has 0 radical (unpaired) electrons. The van der Waals surface area contributed by atoms with Crippen LogP contribution in [0.2, 0.25) is 0 Å². The third-order valence-corrected chi connectivity index (χ3v) is 3.46. The summed E-state index contributed by atoms with van der Waals surface area (Å²) in [4.78, 5) is 28.0. The van der Waals surface area contributed by atoms with Gasteiger partial charge in [-0.3, -0.25) is 0 Å². The third kappa shape index (κ3) is 2.57. The van der Waals surface area contributed by atoms with E-state index in [2.05, 4.69) is 9.98 Å². The topological polar surface area (TPSA) is 58.9 Å². The quantitative estimate of drug-likeness (QED) is 0.630. The maximum Gasteiger partial charge on any atom is 0.235 e. The largest absolute Gasteiger partial charge is 0.235 e. The van der Waals surface area contributed by atoms with Crippen LogP contribution in [0.15, 0.2) is 34.3 Å². The number of rotatable bonds is 4. The highest BCUT2D eigenvalue weighted by Crippen LogP contribution is 2.29. The van der Waals surface area contributed by atoms with Gasteiger partial charge in [0.05, 0.1) is 13.1 Å². The number of isocyanates is 2. The molecule has 0 bridgehead atoms. The van der Waals surface area contributed by atoms with Gasteiger partial charge in [0, 0.05) is 0 Å². The van der Waals surface area contributed by atoms with E-state index in [9.17, 15) is 9.59 Å². The van der Waals surface area contributed by atoms with Crippen LogP contribution in [0.5, 0.6) is 0 Å². The van der Waals surface area contributed by atoms with Crippen LogP contribution in [-0.4, -0.2) is 12.2 Å². The molecule has 0 aliphatic heterocycles. The number of aryl methyl sites for hydroxylation is 2. The molecular weight excluding hydrogens is 252 g/mol. The van der Waals surface area contributed by atoms with Crippen LogP contribution in [0.4, 0.5) is 0 Å². The van der Waals surface area contributed by atoms with E-state index in [1.807, 2.05) is 38.1 Å². The van der Waals surface area contributed by atoms with Crippen LogP contribution in [-0.2, 0) is 22.7 Å². The first kappa shape index (κ1) is 13.9. The van der Waals surface area contributed by atoms with E-state index in [0.717, 1.165) is 33.0 Å². The van der Waals surface area contributed by atoms with Crippen LogP contribution in [0.3, 0.4) is 0 Å². The highest BCUT2D eigenvalue weighted by atomic mass is 16.1. The van der Waals surface area contributed by atoms with E-state index in [1.54, 1.807) is 12.2 Å². The van der Waals surface area contributed by atoms with Gasteiger partial charge >= 0.3 is 0 Å². The summed E-state index contributed by atoms with van der Waals surface area (Å²) in [6, 6.07) is 8.00. The monoisotopic (exact) mass is 266 g/mol. The van der Waals surface area contributed by atoms with Crippen molar-refractivity contribution in [1.82, 2.24) is 0 Å². The van der Waals surface area contributed by atoms with E-state index in [4.69, 9.17) is 0 Å². The molecule has 0 spiro atoms. The lowest BCUT2D eigenvalue weighted by atomic mass is 9.92. The number of hydrogen-bond acceptors (Lipinski definition) is 4. The second kappa shape index (κ2) is 6.07. The number of hydrogen-bond donors (Lipinski definition) is 0. The highest BCUT2D eigenvalue weighted by molar-refractivity contribution is 5.92. The van der Waals surface area contributed by atoms with Crippen molar-refractivity contribution in [3.05, 3.63) is 46.5 Å². The summed E-state index contributed by atoms with van der Waals surface area (Å²) in [5.74, 6) is 0. The Balaban J connectivity index is 2.75. The van der Waals surface area contributed by atoms with E-state index in [-0.39, 0.29) is 13.1 Å². The lowest BCUT2D eigenvalue weighted by molar-refractivity contribution is 0.562. The van der Waals surface area contributed by atoms with Gasteiger partial charge < -0.3 is 0 Å². The molecule has 0 fully saturated rings. The lowest BCUT2D eigenvalue weighted by Crippen LogP contribution is -1.96. The van der Waals surface area contributed by atoms with Crippen molar-refractivity contribution in [2.24, 2.45) is 9.98 Å². The van der Waals surface area contributed by atoms with Gasteiger partial charge in [0.1, 0.15) is 0 Å². The summed E-state index contributed by atoms with van der Waals surface area (Å²) in [7, 11) is 0. The number of fused-ring (bicyclic) bond motifs is 1. The average Bonchev–Trinajstić information content (AvgIpc) is 2.46. The first-order valence-electron chi connectivity index (χ1n) is 6.27. The predicted octanol–water partition coefficient (Wildman–Crippen LogP) is 3.13. The fourth-order valence-corrected chi connectivity index (χ4v) is 2.49. The molecule has 2 aromatic carbocycles. The van der Waals surface area contributed by atoms with Crippen molar-refractivity contribution in [3.8, 4) is 0 Å². The Bertz CT molecular complexity index is 753. The van der Waals surface area contributed by atoms with Crippen molar-refractivity contribution in [2.45, 2.75) is 26.9 Å². The Labute approximate surface area is 116 Å². The highest BCUT2D eigenvalue weighted by Gasteiger charge is 2.10. The van der Waals surface area contributed by atoms with Crippen LogP contribution in [0.25, 0.3) is 10.8 Å². The van der Waals surface area contributed by atoms with E-state index in [1.165, 1.54) is 0 Å². The van der Waals surface area contributed by atoms with Gasteiger partial charge in [0.2, 0.25) is 12.2 Å². The summed E-state index contributed by atoms with van der Waals surface area (Å²) < 4.78 is 0. The fourth-order valence-electron chi connectivity index (χ4n) is 2.49. The van der Waals surface area contributed by atoms with Crippen LogP contribution in [0.1, 0.15) is 22.3 Å². The lowest BCUT2D eigenvalue weighted by Gasteiger charge is -2.13. The average molecular weight is 266 g/mol. The summed E-state index contributed by atoms with van der Waals surface area (Å²) >= 11 is 0. The molecule has 0 N–H and O–H groups in total. The smallest absolute Gasteiger partial charge is 0.211 e. The normalized spacial score (nSPS) is 9.90. The summed E-state index contributed by atoms with van der Waals surface area (Å²) in [5.41, 5.74) is 4.11. The van der Waals surface area contributed by atoms with Gasteiger partial charge in [-0.2, -0.15) is 0 Å². The van der Waals surface area contributed by atoms with E-state index in [0.29, 0.717) is 0 Å². The molecule has 0 aliphatic carbocycles. The summed E-state index contributed by atoms with van der Waals surface area (Å²) in [6.45, 7) is 4.60. The molecule has 2 rings (SSSR count). The van der Waals surface area contributed by atoms with Gasteiger partial charge in [-0.25, -0.2) is 19.6 Å². The molecule has 0 unspecified atom stereocenters. The van der Waals surface area contributed by atoms with Crippen molar-refractivity contribution in [2.75, 3.05) is 0 Å². The van der Waals surface area contributed by atoms with Crippen LogP contribution in [0, 0.1) is 13.8 Å². The van der Waals surface area contributed by atoms with Crippen LogP contribution >= 0.6 is 0 Å². The standard InChI is InChI=1S/C16H14N2O2/c1-11-4-3-5-15-12(2)13(7-17-9-19)6-14(16(11)15)8-18-10-20/h3-6H,7-8H2,1-2H3. The van der Waals surface area contributed by atoms with Crippen molar-refractivity contribution >= 4 is 22.9 Å². The Kier molecular flexibility index (Phi) is 4.21.